The molecule has 1 unspecified atom stereocenters. The Labute approximate surface area is 141 Å². The summed E-state index contributed by atoms with van der Waals surface area (Å²) in [4.78, 5) is 18.8. The van der Waals surface area contributed by atoms with E-state index < -0.39 is 0 Å². The van der Waals surface area contributed by atoms with Crippen LogP contribution < -0.4 is 16.0 Å². The Balaban J connectivity index is 2.24. The first kappa shape index (κ1) is 19.7. The van der Waals surface area contributed by atoms with E-state index in [4.69, 9.17) is 0 Å². The predicted molar refractivity (Wildman–Crippen MR) is 96.8 cm³/mol. The van der Waals surface area contributed by atoms with Crippen LogP contribution >= 0.6 is 0 Å². The molecule has 134 valence electrons. The van der Waals surface area contributed by atoms with Crippen molar-refractivity contribution in [3.05, 3.63) is 0 Å². The molecule has 1 fully saturated rings. The summed E-state index contributed by atoms with van der Waals surface area (Å²) in [6.45, 7) is 11.8. The van der Waals surface area contributed by atoms with Gasteiger partial charge in [0.2, 0.25) is 5.91 Å². The molecule has 1 aliphatic rings. The molecule has 1 atom stereocenters. The lowest BCUT2D eigenvalue weighted by atomic mass is 10.1. The van der Waals surface area contributed by atoms with Crippen LogP contribution in [0.25, 0.3) is 0 Å². The van der Waals surface area contributed by atoms with Crippen molar-refractivity contribution in [2.75, 3.05) is 39.3 Å². The Kier molecular flexibility index (Phi) is 10.4. The maximum Gasteiger partial charge on any atom is 0.221 e. The summed E-state index contributed by atoms with van der Waals surface area (Å²) in [6.07, 6.45) is 5.42. The smallest absolute Gasteiger partial charge is 0.221 e. The zero-order chi connectivity index (χ0) is 16.9. The number of carbonyl (C=O) groups is 1. The fraction of sp³-hybridized carbons (Fsp3) is 0.882. The average Bonchev–Trinajstić information content (AvgIpc) is 2.55. The van der Waals surface area contributed by atoms with Crippen molar-refractivity contribution in [3.8, 4) is 0 Å². The number of piperidine rings is 1. The number of rotatable bonds is 9. The fourth-order valence-corrected chi connectivity index (χ4v) is 2.57. The van der Waals surface area contributed by atoms with Gasteiger partial charge in [0.05, 0.1) is 6.54 Å². The van der Waals surface area contributed by atoms with Gasteiger partial charge >= 0.3 is 0 Å². The van der Waals surface area contributed by atoms with Crippen LogP contribution in [0.4, 0.5) is 0 Å². The molecule has 0 bridgehead atoms. The van der Waals surface area contributed by atoms with Crippen molar-refractivity contribution in [1.29, 1.82) is 0 Å². The predicted octanol–water partition coefficient (Wildman–Crippen LogP) is 1.33. The van der Waals surface area contributed by atoms with Crippen molar-refractivity contribution in [2.24, 2.45) is 4.99 Å². The van der Waals surface area contributed by atoms with Gasteiger partial charge in [-0.15, -0.1) is 0 Å². The molecule has 3 N–H and O–H groups in total. The largest absolute Gasteiger partial charge is 0.357 e. The lowest BCUT2D eigenvalue weighted by Gasteiger charge is -2.25. The van der Waals surface area contributed by atoms with E-state index in [-0.39, 0.29) is 11.9 Å². The van der Waals surface area contributed by atoms with Crippen LogP contribution in [0.3, 0.4) is 0 Å². The molecular weight excluding hydrogens is 290 g/mol. The van der Waals surface area contributed by atoms with Crippen molar-refractivity contribution >= 4 is 11.9 Å². The summed E-state index contributed by atoms with van der Waals surface area (Å²) in [5, 5.41) is 9.45. The van der Waals surface area contributed by atoms with E-state index in [1.807, 2.05) is 6.92 Å². The summed E-state index contributed by atoms with van der Waals surface area (Å²) < 4.78 is 0. The van der Waals surface area contributed by atoms with Gasteiger partial charge in [-0.1, -0.05) is 13.3 Å². The number of nitrogens with one attached hydrogen (secondary N) is 3. The van der Waals surface area contributed by atoms with Gasteiger partial charge in [0, 0.05) is 32.1 Å². The molecule has 0 aromatic carbocycles. The molecule has 1 aliphatic heterocycles. The topological polar surface area (TPSA) is 68.8 Å². The molecule has 0 aromatic rings. The van der Waals surface area contributed by atoms with Gasteiger partial charge in [-0.2, -0.15) is 0 Å². The third-order valence-electron chi connectivity index (χ3n) is 4.14. The molecule has 0 aliphatic carbocycles. The average molecular weight is 326 g/mol. The van der Waals surface area contributed by atoms with E-state index in [9.17, 15) is 4.79 Å². The van der Waals surface area contributed by atoms with Gasteiger partial charge in [0.1, 0.15) is 0 Å². The minimum absolute atomic E-state index is 0.0935. The highest BCUT2D eigenvalue weighted by molar-refractivity contribution is 5.81. The molecule has 0 aromatic heterocycles. The maximum absolute atomic E-state index is 11.8. The third-order valence-corrected chi connectivity index (χ3v) is 4.14. The minimum Gasteiger partial charge on any atom is -0.357 e. The Morgan fingerprint density at radius 1 is 1.17 bits per heavy atom. The van der Waals surface area contributed by atoms with E-state index in [0.717, 1.165) is 32.0 Å². The van der Waals surface area contributed by atoms with E-state index >= 15 is 0 Å². The second kappa shape index (κ2) is 12.2. The summed E-state index contributed by atoms with van der Waals surface area (Å²) in [5.74, 6) is 0.900. The van der Waals surface area contributed by atoms with Crippen LogP contribution in [-0.4, -0.2) is 62.1 Å². The summed E-state index contributed by atoms with van der Waals surface area (Å²) in [5.41, 5.74) is 0. The first-order chi connectivity index (χ1) is 11.2. The monoisotopic (exact) mass is 325 g/mol. The zero-order valence-electron chi connectivity index (χ0n) is 15.2. The maximum atomic E-state index is 11.8. The van der Waals surface area contributed by atoms with Crippen LogP contribution in [0.1, 0.15) is 52.9 Å². The van der Waals surface area contributed by atoms with Gasteiger partial charge in [0.15, 0.2) is 5.96 Å². The second-order valence-corrected chi connectivity index (χ2v) is 6.22. The lowest BCUT2D eigenvalue weighted by molar-refractivity contribution is -0.121. The number of hydrogen-bond donors (Lipinski definition) is 3. The third kappa shape index (κ3) is 9.43. The zero-order valence-corrected chi connectivity index (χ0v) is 15.2. The standard InChI is InChI=1S/C17H35N5O/c1-4-15(3)21-16(23)9-10-19-17(18-5-2)20-11-14-22-12-7-6-8-13-22/h15H,4-14H2,1-3H3,(H,21,23)(H2,18,19,20). The van der Waals surface area contributed by atoms with Crippen LogP contribution in [-0.2, 0) is 4.79 Å². The van der Waals surface area contributed by atoms with Crippen molar-refractivity contribution in [1.82, 2.24) is 20.9 Å². The van der Waals surface area contributed by atoms with Gasteiger partial charge in [-0.3, -0.25) is 9.79 Å². The highest BCUT2D eigenvalue weighted by atomic mass is 16.1. The number of hydrogen-bond acceptors (Lipinski definition) is 3. The highest BCUT2D eigenvalue weighted by Gasteiger charge is 2.09. The lowest BCUT2D eigenvalue weighted by Crippen LogP contribution is -2.41. The first-order valence-corrected chi connectivity index (χ1v) is 9.19. The molecule has 23 heavy (non-hydrogen) atoms. The van der Waals surface area contributed by atoms with Crippen molar-refractivity contribution in [3.63, 3.8) is 0 Å². The van der Waals surface area contributed by atoms with Gasteiger partial charge in [0.25, 0.3) is 0 Å². The fourth-order valence-electron chi connectivity index (χ4n) is 2.57. The summed E-state index contributed by atoms with van der Waals surface area (Å²) in [6, 6.07) is 0.244. The van der Waals surface area contributed by atoms with Crippen LogP contribution in [0.15, 0.2) is 4.99 Å². The Morgan fingerprint density at radius 2 is 1.91 bits per heavy atom. The summed E-state index contributed by atoms with van der Waals surface area (Å²) in [7, 11) is 0. The quantitative estimate of drug-likeness (QED) is 0.442. The van der Waals surface area contributed by atoms with Gasteiger partial charge in [-0.05, 0) is 46.2 Å². The molecule has 1 heterocycles. The number of carbonyl (C=O) groups excluding carboxylic acids is 1. The molecular formula is C17H35N5O. The molecule has 0 saturated carbocycles. The number of nitrogens with zero attached hydrogens (tertiary/aromatic N) is 2. The molecule has 1 saturated heterocycles. The van der Waals surface area contributed by atoms with E-state index in [2.05, 4.69) is 39.7 Å². The minimum atomic E-state index is 0.0935. The van der Waals surface area contributed by atoms with Crippen molar-refractivity contribution in [2.45, 2.75) is 58.9 Å². The van der Waals surface area contributed by atoms with Crippen molar-refractivity contribution < 1.29 is 4.79 Å². The number of likely N-dealkylation sites (tertiary alicyclic amines) is 1. The van der Waals surface area contributed by atoms with E-state index in [1.54, 1.807) is 0 Å². The van der Waals surface area contributed by atoms with Gasteiger partial charge < -0.3 is 20.9 Å². The Bertz CT molecular complexity index is 353. The first-order valence-electron chi connectivity index (χ1n) is 9.19. The Hall–Kier alpha value is -1.30. The number of guanidine groups is 1. The molecule has 0 radical (unpaired) electrons. The molecule has 6 heteroatoms. The summed E-state index contributed by atoms with van der Waals surface area (Å²) >= 11 is 0. The number of amides is 1. The SMILES string of the molecule is CCNC(=NCCN1CCCCC1)NCCC(=O)NC(C)CC. The van der Waals surface area contributed by atoms with Crippen LogP contribution in [0.2, 0.25) is 0 Å². The van der Waals surface area contributed by atoms with Crippen LogP contribution in [0.5, 0.6) is 0 Å². The Morgan fingerprint density at radius 3 is 2.57 bits per heavy atom. The molecule has 1 amide bonds. The normalized spacial score (nSPS) is 17.6. The highest BCUT2D eigenvalue weighted by Crippen LogP contribution is 2.07. The van der Waals surface area contributed by atoms with E-state index in [0.29, 0.717) is 13.0 Å². The molecule has 0 spiro atoms. The van der Waals surface area contributed by atoms with Gasteiger partial charge in [-0.25, -0.2) is 0 Å². The van der Waals surface area contributed by atoms with E-state index in [1.165, 1.54) is 32.4 Å². The molecule has 6 nitrogen and oxygen atoms in total. The van der Waals surface area contributed by atoms with Crippen LogP contribution in [0, 0.1) is 0 Å². The number of aliphatic imine (C=N–C) groups is 1. The second-order valence-electron chi connectivity index (χ2n) is 6.22. The molecule has 1 rings (SSSR count).